The van der Waals surface area contributed by atoms with Gasteiger partial charge in [-0.15, -0.1) is 0 Å². The molecule has 1 N–H and O–H groups in total. The zero-order chi connectivity index (χ0) is 22.7. The Balaban J connectivity index is 1.61. The van der Waals surface area contributed by atoms with E-state index in [9.17, 15) is 4.79 Å². The molecular weight excluding hydrogens is 404 g/mol. The molecule has 1 amide bonds. The molecule has 0 atom stereocenters. The Hall–Kier alpha value is -4.07. The number of pyridine rings is 1. The van der Waals surface area contributed by atoms with Gasteiger partial charge in [0.15, 0.2) is 5.76 Å². The maximum absolute atomic E-state index is 12.3. The molecule has 0 saturated carbocycles. The maximum Gasteiger partial charge on any atom is 0.253 e. The van der Waals surface area contributed by atoms with Gasteiger partial charge < -0.3 is 14.7 Å². The van der Waals surface area contributed by atoms with E-state index in [2.05, 4.69) is 20.4 Å². The molecule has 3 aromatic heterocycles. The first-order valence-corrected chi connectivity index (χ1v) is 10.2. The first-order chi connectivity index (χ1) is 15.4. The van der Waals surface area contributed by atoms with Gasteiger partial charge in [0.2, 0.25) is 5.95 Å². The van der Waals surface area contributed by atoms with E-state index in [4.69, 9.17) is 9.51 Å². The summed E-state index contributed by atoms with van der Waals surface area (Å²) in [5, 5.41) is 6.99. The van der Waals surface area contributed by atoms with Crippen molar-refractivity contribution in [3.63, 3.8) is 0 Å². The zero-order valence-corrected chi connectivity index (χ0v) is 18.5. The molecule has 3 heterocycles. The summed E-state index contributed by atoms with van der Waals surface area (Å²) in [6.45, 7) is 4.29. The van der Waals surface area contributed by atoms with Crippen LogP contribution in [0.4, 0.5) is 5.95 Å². The largest absolute Gasteiger partial charge is 0.356 e. The van der Waals surface area contributed by atoms with Crippen molar-refractivity contribution >= 4 is 11.9 Å². The van der Waals surface area contributed by atoms with Crippen LogP contribution in [0.15, 0.2) is 59.5 Å². The lowest BCUT2D eigenvalue weighted by Gasteiger charge is -2.14. The third-order valence-corrected chi connectivity index (χ3v) is 5.18. The molecule has 0 saturated heterocycles. The Labute approximate surface area is 186 Å². The molecule has 4 rings (SSSR count). The molecule has 162 valence electrons. The van der Waals surface area contributed by atoms with Gasteiger partial charge in [0.05, 0.1) is 22.5 Å². The fourth-order valence-electron chi connectivity index (χ4n) is 3.20. The third kappa shape index (κ3) is 4.34. The Morgan fingerprint density at radius 2 is 1.88 bits per heavy atom. The summed E-state index contributed by atoms with van der Waals surface area (Å²) in [5.41, 5.74) is 5.76. The summed E-state index contributed by atoms with van der Waals surface area (Å²) in [6.07, 6.45) is 4.96. The molecular formula is C24H24N6O2. The molecule has 0 radical (unpaired) electrons. The van der Waals surface area contributed by atoms with E-state index in [-0.39, 0.29) is 5.91 Å². The zero-order valence-electron chi connectivity index (χ0n) is 18.5. The minimum absolute atomic E-state index is 0.160. The summed E-state index contributed by atoms with van der Waals surface area (Å²) >= 11 is 0. The molecule has 4 aromatic rings. The second kappa shape index (κ2) is 8.97. The first-order valence-electron chi connectivity index (χ1n) is 10.2. The number of nitrogens with one attached hydrogen (secondary N) is 1. The van der Waals surface area contributed by atoms with Gasteiger partial charge in [0.1, 0.15) is 0 Å². The van der Waals surface area contributed by atoms with Gasteiger partial charge in [-0.1, -0.05) is 29.4 Å². The van der Waals surface area contributed by atoms with E-state index < -0.39 is 0 Å². The highest BCUT2D eigenvalue weighted by molar-refractivity contribution is 5.93. The molecule has 0 aliphatic heterocycles. The Morgan fingerprint density at radius 1 is 1.09 bits per heavy atom. The van der Waals surface area contributed by atoms with Gasteiger partial charge >= 0.3 is 0 Å². The molecule has 0 aliphatic carbocycles. The van der Waals surface area contributed by atoms with Gasteiger partial charge in [-0.25, -0.2) is 9.97 Å². The summed E-state index contributed by atoms with van der Waals surface area (Å²) in [4.78, 5) is 27.3. The van der Waals surface area contributed by atoms with E-state index in [1.807, 2.05) is 57.1 Å². The number of carbonyl (C=O) groups excluding carboxylic acids is 1. The molecule has 8 heteroatoms. The number of aromatic nitrogens is 4. The van der Waals surface area contributed by atoms with Crippen molar-refractivity contribution in [1.29, 1.82) is 0 Å². The minimum Gasteiger partial charge on any atom is -0.356 e. The van der Waals surface area contributed by atoms with Crippen molar-refractivity contribution in [2.45, 2.75) is 20.4 Å². The van der Waals surface area contributed by atoms with Crippen molar-refractivity contribution in [2.24, 2.45) is 0 Å². The van der Waals surface area contributed by atoms with Crippen LogP contribution in [0.5, 0.6) is 0 Å². The van der Waals surface area contributed by atoms with E-state index in [0.717, 1.165) is 33.6 Å². The van der Waals surface area contributed by atoms with Crippen LogP contribution in [0, 0.1) is 13.8 Å². The number of anilines is 1. The molecule has 0 bridgehead atoms. The highest BCUT2D eigenvalue weighted by atomic mass is 16.5. The lowest BCUT2D eigenvalue weighted by Crippen LogP contribution is -2.22. The topological polar surface area (TPSA) is 97.0 Å². The average molecular weight is 428 g/mol. The Bertz CT molecular complexity index is 1230. The third-order valence-electron chi connectivity index (χ3n) is 5.18. The van der Waals surface area contributed by atoms with Gasteiger partial charge in [0, 0.05) is 50.4 Å². The number of carbonyl (C=O) groups is 1. The number of benzene rings is 1. The summed E-state index contributed by atoms with van der Waals surface area (Å²) in [5.74, 6) is 1.10. The fraction of sp³-hybridized carbons (Fsp3) is 0.208. The molecule has 0 spiro atoms. The van der Waals surface area contributed by atoms with Crippen LogP contribution in [0.25, 0.3) is 22.6 Å². The molecule has 1 aromatic carbocycles. The first kappa shape index (κ1) is 21.2. The Kier molecular flexibility index (Phi) is 5.93. The lowest BCUT2D eigenvalue weighted by atomic mass is 10.0. The van der Waals surface area contributed by atoms with E-state index >= 15 is 0 Å². The molecule has 0 fully saturated rings. The molecule has 32 heavy (non-hydrogen) atoms. The maximum atomic E-state index is 12.3. The van der Waals surface area contributed by atoms with Crippen molar-refractivity contribution in [3.05, 3.63) is 77.4 Å². The highest BCUT2D eigenvalue weighted by Gasteiger charge is 2.19. The number of nitrogens with zero attached hydrogens (tertiary/aromatic N) is 5. The van der Waals surface area contributed by atoms with Crippen molar-refractivity contribution in [2.75, 3.05) is 19.0 Å². The normalized spacial score (nSPS) is 10.8. The number of aryl methyl sites for hydroxylation is 1. The minimum atomic E-state index is -0.160. The average Bonchev–Trinajstić information content (AvgIpc) is 3.16. The summed E-state index contributed by atoms with van der Waals surface area (Å²) in [7, 11) is 3.80. The van der Waals surface area contributed by atoms with Crippen LogP contribution in [-0.2, 0) is 6.54 Å². The predicted molar refractivity (Wildman–Crippen MR) is 122 cm³/mol. The number of hydrogen-bond acceptors (Lipinski definition) is 7. The van der Waals surface area contributed by atoms with Gasteiger partial charge in [-0.2, -0.15) is 0 Å². The predicted octanol–water partition coefficient (Wildman–Crippen LogP) is 3.81. The molecule has 0 unspecified atom stereocenters. The second-order valence-corrected chi connectivity index (χ2v) is 7.67. The lowest BCUT2D eigenvalue weighted by molar-refractivity contribution is 0.0950. The van der Waals surface area contributed by atoms with Crippen LogP contribution in [0.2, 0.25) is 0 Å². The van der Waals surface area contributed by atoms with Crippen LogP contribution in [0.3, 0.4) is 0 Å². The van der Waals surface area contributed by atoms with Crippen molar-refractivity contribution in [1.82, 2.24) is 25.4 Å². The smallest absolute Gasteiger partial charge is 0.253 e. The van der Waals surface area contributed by atoms with Crippen LogP contribution < -0.4 is 10.2 Å². The van der Waals surface area contributed by atoms with Gasteiger partial charge in [-0.05, 0) is 31.5 Å². The van der Waals surface area contributed by atoms with E-state index in [0.29, 0.717) is 23.8 Å². The fourth-order valence-corrected chi connectivity index (χ4v) is 3.20. The van der Waals surface area contributed by atoms with Gasteiger partial charge in [0.25, 0.3) is 5.91 Å². The van der Waals surface area contributed by atoms with E-state index in [1.165, 1.54) is 0 Å². The van der Waals surface area contributed by atoms with Crippen molar-refractivity contribution < 1.29 is 9.32 Å². The van der Waals surface area contributed by atoms with Crippen LogP contribution >= 0.6 is 0 Å². The van der Waals surface area contributed by atoms with Gasteiger partial charge in [-0.3, -0.25) is 9.78 Å². The number of amides is 1. The summed E-state index contributed by atoms with van der Waals surface area (Å²) < 4.78 is 5.58. The number of hydrogen-bond donors (Lipinski definition) is 1. The van der Waals surface area contributed by atoms with Crippen LogP contribution in [-0.4, -0.2) is 40.1 Å². The molecule has 0 aliphatic rings. The quantitative estimate of drug-likeness (QED) is 0.499. The van der Waals surface area contributed by atoms with E-state index in [1.54, 1.807) is 30.7 Å². The Morgan fingerprint density at radius 3 is 2.50 bits per heavy atom. The number of rotatable bonds is 6. The monoisotopic (exact) mass is 428 g/mol. The summed E-state index contributed by atoms with van der Waals surface area (Å²) in [6, 6.07) is 11.4. The molecule has 8 nitrogen and oxygen atoms in total. The van der Waals surface area contributed by atoms with Crippen molar-refractivity contribution in [3.8, 4) is 22.6 Å². The second-order valence-electron chi connectivity index (χ2n) is 7.67. The SMILES string of the molecule is Cc1noc(-c2cnc(N(C)C)nc2-c2ccc(CNC(=O)c3cccnc3)cc2)c1C. The standard InChI is InChI=1S/C24H24N6O2/c1-15-16(2)29-32-22(15)20-14-27-24(30(3)4)28-21(20)18-9-7-17(8-10-18)12-26-23(31)19-6-5-11-25-13-19/h5-11,13-14H,12H2,1-4H3,(H,26,31). The van der Waals surface area contributed by atoms with Crippen LogP contribution in [0.1, 0.15) is 27.2 Å². The highest BCUT2D eigenvalue weighted by Crippen LogP contribution is 2.34.